The molecule has 0 fully saturated rings. The van der Waals surface area contributed by atoms with E-state index in [1.807, 2.05) is 25.1 Å². The Balaban J connectivity index is 1.68. The zero-order valence-corrected chi connectivity index (χ0v) is 19.6. The Hall–Kier alpha value is -4.01. The van der Waals surface area contributed by atoms with Gasteiger partial charge in [-0.05, 0) is 35.7 Å². The molecular weight excluding hydrogens is 436 g/mol. The lowest BCUT2D eigenvalue weighted by Crippen LogP contribution is -2.31. The summed E-state index contributed by atoms with van der Waals surface area (Å²) < 4.78 is 5.68. The van der Waals surface area contributed by atoms with Crippen LogP contribution < -0.4 is 15.4 Å². The highest BCUT2D eigenvalue weighted by Crippen LogP contribution is 2.33. The molecule has 0 saturated carbocycles. The minimum atomic E-state index is -0.539. The Kier molecular flexibility index (Phi) is 6.19. The second-order valence-electron chi connectivity index (χ2n) is 8.52. The standard InChI is InChI=1S/C25H28N4O5/c1-5-17(15-10-9-14-11-12-34-19(14)13-15)26-20-21(25(33)29(4)24(20)32)27-18-8-6-7-16(22(18)30)23(31)28(2)3/h6-10,13,17,26-27,30H,5,11-12H2,1-4H3. The minimum Gasteiger partial charge on any atom is -0.505 e. The summed E-state index contributed by atoms with van der Waals surface area (Å²) in [6.45, 7) is 2.63. The summed E-state index contributed by atoms with van der Waals surface area (Å²) in [5.74, 6) is -0.870. The Morgan fingerprint density at radius 2 is 1.91 bits per heavy atom. The highest BCUT2D eigenvalue weighted by atomic mass is 16.5. The number of phenolic OH excluding ortho intramolecular Hbond substituents is 1. The number of nitrogens with one attached hydrogen (secondary N) is 2. The Morgan fingerprint density at radius 3 is 2.62 bits per heavy atom. The van der Waals surface area contributed by atoms with E-state index in [-0.39, 0.29) is 40.3 Å². The maximum absolute atomic E-state index is 12.9. The summed E-state index contributed by atoms with van der Waals surface area (Å²) in [5, 5.41) is 16.8. The highest BCUT2D eigenvalue weighted by molar-refractivity contribution is 6.20. The third kappa shape index (κ3) is 4.05. The van der Waals surface area contributed by atoms with Crippen molar-refractivity contribution in [2.75, 3.05) is 33.1 Å². The number of hydrogen-bond acceptors (Lipinski definition) is 7. The number of imide groups is 1. The van der Waals surface area contributed by atoms with Gasteiger partial charge in [-0.3, -0.25) is 19.3 Å². The third-order valence-corrected chi connectivity index (χ3v) is 6.07. The van der Waals surface area contributed by atoms with Crippen LogP contribution in [0.15, 0.2) is 47.8 Å². The van der Waals surface area contributed by atoms with Crippen molar-refractivity contribution in [3.05, 3.63) is 64.5 Å². The number of benzene rings is 2. The van der Waals surface area contributed by atoms with Crippen LogP contribution in [0.5, 0.6) is 11.5 Å². The van der Waals surface area contributed by atoms with E-state index in [9.17, 15) is 19.5 Å². The second-order valence-corrected chi connectivity index (χ2v) is 8.52. The fourth-order valence-electron chi connectivity index (χ4n) is 4.08. The molecule has 0 radical (unpaired) electrons. The molecule has 1 unspecified atom stereocenters. The molecule has 2 aromatic rings. The van der Waals surface area contributed by atoms with Gasteiger partial charge in [-0.25, -0.2) is 0 Å². The van der Waals surface area contributed by atoms with Gasteiger partial charge in [0.1, 0.15) is 17.1 Å². The lowest BCUT2D eigenvalue weighted by molar-refractivity contribution is -0.136. The summed E-state index contributed by atoms with van der Waals surface area (Å²) in [5.41, 5.74) is 2.43. The summed E-state index contributed by atoms with van der Waals surface area (Å²) in [6, 6.07) is 10.4. The maximum Gasteiger partial charge on any atom is 0.279 e. The zero-order chi connectivity index (χ0) is 24.6. The van der Waals surface area contributed by atoms with Crippen LogP contribution in [0.3, 0.4) is 0 Å². The molecule has 9 nitrogen and oxygen atoms in total. The maximum atomic E-state index is 12.9. The molecule has 4 rings (SSSR count). The van der Waals surface area contributed by atoms with Crippen LogP contribution in [-0.2, 0) is 16.0 Å². The molecule has 0 aromatic heterocycles. The van der Waals surface area contributed by atoms with Gasteiger partial charge in [0.15, 0.2) is 5.75 Å². The largest absolute Gasteiger partial charge is 0.505 e. The van der Waals surface area contributed by atoms with E-state index in [2.05, 4.69) is 10.6 Å². The summed E-state index contributed by atoms with van der Waals surface area (Å²) >= 11 is 0. The van der Waals surface area contributed by atoms with Gasteiger partial charge in [-0.2, -0.15) is 0 Å². The van der Waals surface area contributed by atoms with Crippen molar-refractivity contribution in [2.24, 2.45) is 0 Å². The Bertz CT molecular complexity index is 1200. The van der Waals surface area contributed by atoms with Crippen molar-refractivity contribution in [1.82, 2.24) is 15.1 Å². The van der Waals surface area contributed by atoms with Crippen molar-refractivity contribution in [3.63, 3.8) is 0 Å². The molecule has 1 atom stereocenters. The molecular formula is C25H28N4O5. The molecule has 2 heterocycles. The molecule has 0 bridgehead atoms. The van der Waals surface area contributed by atoms with Crippen LogP contribution in [0, 0.1) is 0 Å². The van der Waals surface area contributed by atoms with Gasteiger partial charge in [-0.15, -0.1) is 0 Å². The number of carbonyl (C=O) groups is 3. The van der Waals surface area contributed by atoms with E-state index < -0.39 is 11.8 Å². The van der Waals surface area contributed by atoms with Gasteiger partial charge in [0.25, 0.3) is 17.7 Å². The van der Waals surface area contributed by atoms with Gasteiger partial charge in [0.2, 0.25) is 0 Å². The minimum absolute atomic E-state index is 0.00751. The lowest BCUT2D eigenvalue weighted by Gasteiger charge is -2.20. The zero-order valence-electron chi connectivity index (χ0n) is 19.6. The SMILES string of the molecule is CCC(NC1=C(Nc2cccc(C(=O)N(C)C)c2O)C(=O)N(C)C1=O)c1ccc2c(c1)OCC2. The molecule has 2 aliphatic heterocycles. The number of anilines is 1. The number of aromatic hydroxyl groups is 1. The smallest absolute Gasteiger partial charge is 0.279 e. The average Bonchev–Trinajstić information content (AvgIpc) is 3.37. The van der Waals surface area contributed by atoms with Crippen LogP contribution >= 0.6 is 0 Å². The predicted molar refractivity (Wildman–Crippen MR) is 126 cm³/mol. The normalized spacial score (nSPS) is 15.8. The van der Waals surface area contributed by atoms with E-state index in [1.54, 1.807) is 20.2 Å². The van der Waals surface area contributed by atoms with Gasteiger partial charge in [0, 0.05) is 27.6 Å². The van der Waals surface area contributed by atoms with Gasteiger partial charge >= 0.3 is 0 Å². The van der Waals surface area contributed by atoms with Crippen LogP contribution in [0.4, 0.5) is 5.69 Å². The van der Waals surface area contributed by atoms with Crippen LogP contribution in [0.25, 0.3) is 0 Å². The van der Waals surface area contributed by atoms with Crippen LogP contribution in [-0.4, -0.2) is 60.4 Å². The number of ether oxygens (including phenoxy) is 1. The quantitative estimate of drug-likeness (QED) is 0.426. The van der Waals surface area contributed by atoms with Gasteiger partial charge < -0.3 is 25.4 Å². The molecule has 3 N–H and O–H groups in total. The molecule has 0 aliphatic carbocycles. The van der Waals surface area contributed by atoms with Crippen molar-refractivity contribution in [3.8, 4) is 11.5 Å². The first-order valence-corrected chi connectivity index (χ1v) is 11.1. The number of carbonyl (C=O) groups excluding carboxylic acids is 3. The van der Waals surface area contributed by atoms with E-state index >= 15 is 0 Å². The van der Waals surface area contributed by atoms with Crippen molar-refractivity contribution in [2.45, 2.75) is 25.8 Å². The van der Waals surface area contributed by atoms with E-state index in [0.717, 1.165) is 28.2 Å². The highest BCUT2D eigenvalue weighted by Gasteiger charge is 2.38. The topological polar surface area (TPSA) is 111 Å². The Labute approximate surface area is 198 Å². The first kappa shape index (κ1) is 23.2. The molecule has 178 valence electrons. The Morgan fingerprint density at radius 1 is 1.18 bits per heavy atom. The molecule has 0 saturated heterocycles. The molecule has 34 heavy (non-hydrogen) atoms. The molecule has 2 aliphatic rings. The summed E-state index contributed by atoms with van der Waals surface area (Å²) in [7, 11) is 4.56. The summed E-state index contributed by atoms with van der Waals surface area (Å²) in [4.78, 5) is 40.6. The number of para-hydroxylation sites is 1. The monoisotopic (exact) mass is 464 g/mol. The summed E-state index contributed by atoms with van der Waals surface area (Å²) in [6.07, 6.45) is 1.52. The molecule has 9 heteroatoms. The van der Waals surface area contributed by atoms with E-state index in [1.165, 1.54) is 24.1 Å². The fourth-order valence-corrected chi connectivity index (χ4v) is 4.08. The fraction of sp³-hybridized carbons (Fsp3) is 0.320. The van der Waals surface area contributed by atoms with Crippen molar-refractivity contribution < 1.29 is 24.2 Å². The number of nitrogens with zero attached hydrogens (tertiary/aromatic N) is 2. The number of amides is 3. The lowest BCUT2D eigenvalue weighted by atomic mass is 10.0. The number of fused-ring (bicyclic) bond motifs is 1. The number of hydrogen-bond donors (Lipinski definition) is 3. The van der Waals surface area contributed by atoms with Gasteiger partial charge in [-0.1, -0.05) is 25.1 Å². The molecule has 0 spiro atoms. The van der Waals surface area contributed by atoms with E-state index in [0.29, 0.717) is 13.0 Å². The number of rotatable bonds is 7. The van der Waals surface area contributed by atoms with E-state index in [4.69, 9.17) is 4.74 Å². The van der Waals surface area contributed by atoms with Crippen molar-refractivity contribution in [1.29, 1.82) is 0 Å². The van der Waals surface area contributed by atoms with Crippen molar-refractivity contribution >= 4 is 23.4 Å². The number of likely N-dealkylation sites (N-methyl/N-ethyl adjacent to an activating group) is 1. The average molecular weight is 465 g/mol. The third-order valence-electron chi connectivity index (χ3n) is 6.07. The first-order valence-electron chi connectivity index (χ1n) is 11.1. The molecule has 3 amide bonds. The van der Waals surface area contributed by atoms with Crippen LogP contribution in [0.1, 0.15) is 40.9 Å². The first-order chi connectivity index (χ1) is 16.2. The van der Waals surface area contributed by atoms with Crippen LogP contribution in [0.2, 0.25) is 0 Å². The second kappa shape index (κ2) is 9.09. The van der Waals surface area contributed by atoms with Gasteiger partial charge in [0.05, 0.1) is 23.9 Å². The number of phenols is 1. The predicted octanol–water partition coefficient (Wildman–Crippen LogP) is 2.39. The molecule has 2 aromatic carbocycles.